The van der Waals surface area contributed by atoms with Crippen LogP contribution in [0.3, 0.4) is 0 Å². The zero-order chi connectivity index (χ0) is 12.3. The van der Waals surface area contributed by atoms with Gasteiger partial charge in [0.05, 0.1) is 16.2 Å². The van der Waals surface area contributed by atoms with E-state index in [1.165, 1.54) is 4.88 Å². The Morgan fingerprint density at radius 1 is 1.53 bits per heavy atom. The first-order valence-corrected chi connectivity index (χ1v) is 6.77. The van der Waals surface area contributed by atoms with E-state index in [1.807, 2.05) is 33.0 Å². The molecule has 3 nitrogen and oxygen atoms in total. The first-order chi connectivity index (χ1) is 7.41. The quantitative estimate of drug-likeness (QED) is 0.915. The highest BCUT2D eigenvalue weighted by atomic mass is 79.9. The minimum atomic E-state index is -0.131. The van der Waals surface area contributed by atoms with Crippen molar-refractivity contribution in [2.24, 2.45) is 11.7 Å². The minimum absolute atomic E-state index is 0. The molecule has 6 heteroatoms. The summed E-state index contributed by atoms with van der Waals surface area (Å²) < 4.78 is 1.09. The lowest BCUT2D eigenvalue weighted by molar-refractivity contribution is -0.134. The van der Waals surface area contributed by atoms with Crippen molar-refractivity contribution in [2.75, 3.05) is 7.05 Å². The highest BCUT2D eigenvalue weighted by molar-refractivity contribution is 9.11. The molecule has 0 bridgehead atoms. The van der Waals surface area contributed by atoms with Crippen molar-refractivity contribution in [3.63, 3.8) is 0 Å². The fraction of sp³-hybridized carbons (Fsp3) is 0.545. The summed E-state index contributed by atoms with van der Waals surface area (Å²) in [5.74, 6) is -0.0343. The molecule has 1 aromatic heterocycles. The van der Waals surface area contributed by atoms with Crippen molar-refractivity contribution >= 4 is 45.6 Å². The van der Waals surface area contributed by atoms with Crippen LogP contribution < -0.4 is 5.73 Å². The molecule has 0 saturated heterocycles. The highest BCUT2D eigenvalue weighted by Crippen LogP contribution is 2.23. The third kappa shape index (κ3) is 4.95. The van der Waals surface area contributed by atoms with Crippen LogP contribution >= 0.6 is 39.7 Å². The maximum Gasteiger partial charge on any atom is 0.227 e. The molecule has 0 aliphatic heterocycles. The fourth-order valence-electron chi connectivity index (χ4n) is 1.32. The number of hydrogen-bond acceptors (Lipinski definition) is 3. The second kappa shape index (κ2) is 7.36. The van der Waals surface area contributed by atoms with E-state index >= 15 is 0 Å². The summed E-state index contributed by atoms with van der Waals surface area (Å²) in [6.45, 7) is 4.37. The molecule has 1 rings (SSSR count). The molecule has 1 amide bonds. The van der Waals surface area contributed by atoms with Crippen LogP contribution in [0.5, 0.6) is 0 Å². The molecular weight excluding hydrogens is 324 g/mol. The minimum Gasteiger partial charge on any atom is -0.340 e. The third-order valence-corrected chi connectivity index (χ3v) is 4.18. The third-order valence-electron chi connectivity index (χ3n) is 2.58. The van der Waals surface area contributed by atoms with Crippen LogP contribution in [-0.2, 0) is 11.3 Å². The number of halogens is 2. The van der Waals surface area contributed by atoms with E-state index in [4.69, 9.17) is 5.73 Å². The summed E-state index contributed by atoms with van der Waals surface area (Å²) in [5, 5.41) is 0. The van der Waals surface area contributed by atoms with Gasteiger partial charge in [-0.05, 0) is 35.0 Å². The molecule has 0 radical (unpaired) electrons. The van der Waals surface area contributed by atoms with Crippen molar-refractivity contribution in [1.82, 2.24) is 4.90 Å². The number of carbonyl (C=O) groups is 1. The maximum absolute atomic E-state index is 11.9. The predicted molar refractivity (Wildman–Crippen MR) is 78.6 cm³/mol. The monoisotopic (exact) mass is 340 g/mol. The van der Waals surface area contributed by atoms with Gasteiger partial charge in [-0.25, -0.2) is 0 Å². The van der Waals surface area contributed by atoms with E-state index in [9.17, 15) is 4.79 Å². The Morgan fingerprint density at radius 3 is 2.53 bits per heavy atom. The maximum atomic E-state index is 11.9. The average molecular weight is 342 g/mol. The Hall–Kier alpha value is -0.100. The van der Waals surface area contributed by atoms with Gasteiger partial charge >= 0.3 is 0 Å². The van der Waals surface area contributed by atoms with Crippen molar-refractivity contribution in [1.29, 1.82) is 0 Å². The van der Waals surface area contributed by atoms with Gasteiger partial charge in [0.25, 0.3) is 0 Å². The molecule has 0 aliphatic rings. The van der Waals surface area contributed by atoms with E-state index in [0.717, 1.165) is 3.79 Å². The number of nitrogens with two attached hydrogens (primary N) is 1. The number of carbonyl (C=O) groups excluding carboxylic acids is 1. The van der Waals surface area contributed by atoms with Gasteiger partial charge in [-0.2, -0.15) is 0 Å². The van der Waals surface area contributed by atoms with Gasteiger partial charge in [-0.15, -0.1) is 23.7 Å². The fourth-order valence-corrected chi connectivity index (χ4v) is 2.86. The largest absolute Gasteiger partial charge is 0.340 e. The molecule has 0 spiro atoms. The van der Waals surface area contributed by atoms with Gasteiger partial charge in [0.15, 0.2) is 0 Å². The van der Waals surface area contributed by atoms with Crippen LogP contribution in [0.4, 0.5) is 0 Å². The van der Waals surface area contributed by atoms with E-state index in [-0.39, 0.29) is 30.3 Å². The molecular formula is C11H18BrClN2OS. The van der Waals surface area contributed by atoms with Gasteiger partial charge in [0.2, 0.25) is 5.91 Å². The molecule has 2 atom stereocenters. The second-order valence-corrected chi connectivity index (χ2v) is 6.60. The summed E-state index contributed by atoms with van der Waals surface area (Å²) in [5.41, 5.74) is 5.72. The molecule has 1 aromatic rings. The zero-order valence-corrected chi connectivity index (χ0v) is 13.4. The Labute approximate surface area is 121 Å². The number of rotatable bonds is 4. The van der Waals surface area contributed by atoms with Crippen LogP contribution in [-0.4, -0.2) is 23.9 Å². The van der Waals surface area contributed by atoms with E-state index in [2.05, 4.69) is 15.9 Å². The molecule has 2 unspecified atom stereocenters. The first-order valence-electron chi connectivity index (χ1n) is 5.16. The molecule has 98 valence electrons. The lowest BCUT2D eigenvalue weighted by atomic mass is 10.0. The topological polar surface area (TPSA) is 46.3 Å². The van der Waals surface area contributed by atoms with E-state index in [1.54, 1.807) is 16.2 Å². The van der Waals surface area contributed by atoms with Crippen molar-refractivity contribution in [3.05, 3.63) is 20.8 Å². The van der Waals surface area contributed by atoms with Crippen LogP contribution in [0.25, 0.3) is 0 Å². The Morgan fingerprint density at radius 2 is 2.12 bits per heavy atom. The van der Waals surface area contributed by atoms with Crippen molar-refractivity contribution in [3.8, 4) is 0 Å². The average Bonchev–Trinajstić information content (AvgIpc) is 2.61. The molecule has 0 aromatic carbocycles. The van der Waals surface area contributed by atoms with E-state index in [0.29, 0.717) is 6.54 Å². The Bertz CT molecular complexity index is 370. The Balaban J connectivity index is 0.00000256. The van der Waals surface area contributed by atoms with Gasteiger partial charge < -0.3 is 10.6 Å². The van der Waals surface area contributed by atoms with Crippen LogP contribution in [0.1, 0.15) is 18.7 Å². The van der Waals surface area contributed by atoms with Crippen LogP contribution in [0.2, 0.25) is 0 Å². The summed E-state index contributed by atoms with van der Waals surface area (Å²) in [4.78, 5) is 14.8. The Kier molecular flexibility index (Phi) is 7.32. The zero-order valence-electron chi connectivity index (χ0n) is 10.1. The molecule has 1 heterocycles. The highest BCUT2D eigenvalue weighted by Gasteiger charge is 2.21. The number of amides is 1. The number of hydrogen-bond donors (Lipinski definition) is 1. The summed E-state index contributed by atoms with van der Waals surface area (Å²) >= 11 is 5.05. The lowest BCUT2D eigenvalue weighted by Crippen LogP contribution is -2.39. The SMILES string of the molecule is CC(N)C(C)C(=O)N(C)Cc1ccc(Br)s1.Cl. The molecule has 2 N–H and O–H groups in total. The number of thiophene rings is 1. The van der Waals surface area contributed by atoms with Gasteiger partial charge in [-0.1, -0.05) is 6.92 Å². The summed E-state index contributed by atoms with van der Waals surface area (Å²) in [7, 11) is 1.81. The standard InChI is InChI=1S/C11H17BrN2OS.ClH/c1-7(8(2)13)11(15)14(3)6-9-4-5-10(12)16-9;/h4-5,7-8H,6,13H2,1-3H3;1H. The number of nitrogens with zero attached hydrogens (tertiary/aromatic N) is 1. The van der Waals surface area contributed by atoms with Gasteiger partial charge in [0.1, 0.15) is 0 Å². The van der Waals surface area contributed by atoms with Crippen molar-refractivity contribution < 1.29 is 4.79 Å². The normalized spacial score (nSPS) is 13.7. The van der Waals surface area contributed by atoms with E-state index < -0.39 is 0 Å². The van der Waals surface area contributed by atoms with Crippen LogP contribution in [0.15, 0.2) is 15.9 Å². The van der Waals surface area contributed by atoms with Gasteiger partial charge in [0, 0.05) is 18.0 Å². The molecule has 0 fully saturated rings. The smallest absolute Gasteiger partial charge is 0.227 e. The molecule has 17 heavy (non-hydrogen) atoms. The van der Waals surface area contributed by atoms with Crippen molar-refractivity contribution in [2.45, 2.75) is 26.4 Å². The summed E-state index contributed by atoms with van der Waals surface area (Å²) in [6, 6.07) is 3.91. The molecule has 0 saturated carbocycles. The predicted octanol–water partition coefficient (Wildman–Crippen LogP) is 2.87. The summed E-state index contributed by atoms with van der Waals surface area (Å²) in [6.07, 6.45) is 0. The molecule has 0 aliphatic carbocycles. The second-order valence-electron chi connectivity index (χ2n) is 4.05. The van der Waals surface area contributed by atoms with Gasteiger partial charge in [-0.3, -0.25) is 4.79 Å². The van der Waals surface area contributed by atoms with Crippen LogP contribution in [0, 0.1) is 5.92 Å². The first kappa shape index (κ1) is 16.9. The lowest BCUT2D eigenvalue weighted by Gasteiger charge is -2.22.